The number of aliphatic hydroxyl groups is 1. The number of piperazine rings is 3. The van der Waals surface area contributed by atoms with Crippen molar-refractivity contribution in [3.63, 3.8) is 0 Å². The molecule has 12 atom stereocenters. The number of piperidine rings is 3. The van der Waals surface area contributed by atoms with Crippen LogP contribution in [0.15, 0.2) is 146 Å². The largest absolute Gasteiger partial charge is 0.479 e. The Morgan fingerprint density at radius 1 is 0.382 bits per heavy atom. The molecule has 6 saturated heterocycles. The first kappa shape index (κ1) is 83.6. The summed E-state index contributed by atoms with van der Waals surface area (Å²) in [5.74, 6) is -3.67. The molecule has 12 rings (SSSR count). The predicted molar refractivity (Wildman–Crippen MR) is 354 cm³/mol. The molecule has 6 aliphatic rings. The van der Waals surface area contributed by atoms with E-state index in [1.165, 1.54) is 20.8 Å². The number of hydrogen-bond acceptors (Lipinski definition) is 12. The molecule has 6 heterocycles. The average molecular weight is 1580 g/mol. The van der Waals surface area contributed by atoms with Crippen molar-refractivity contribution in [3.8, 4) is 0 Å². The van der Waals surface area contributed by atoms with Gasteiger partial charge in [-0.1, -0.05) is 91.0 Å². The smallest absolute Gasteiger partial charge is 0.416 e. The minimum Gasteiger partial charge on any atom is -0.479 e. The van der Waals surface area contributed by atoms with Crippen molar-refractivity contribution in [3.05, 3.63) is 212 Å². The summed E-state index contributed by atoms with van der Waals surface area (Å²) in [5.41, 5.74) is -14.0. The van der Waals surface area contributed by atoms with E-state index in [1.54, 1.807) is 82.6 Å². The van der Waals surface area contributed by atoms with E-state index < -0.39 is 146 Å². The Morgan fingerprint density at radius 2 is 0.627 bits per heavy atom. The molecular weight excluding hydrogens is 1500 g/mol. The first-order chi connectivity index (χ1) is 51.1. The number of carboxylic acid groups (broad SMARTS) is 2. The lowest BCUT2D eigenvalue weighted by Gasteiger charge is -2.56. The molecule has 0 saturated carbocycles. The van der Waals surface area contributed by atoms with Crippen molar-refractivity contribution in [1.82, 2.24) is 30.7 Å². The topological polar surface area (TPSA) is 220 Å². The number of nitrogens with zero attached hydrogens (tertiary/aromatic N) is 3. The van der Waals surface area contributed by atoms with Crippen molar-refractivity contribution in [2.24, 2.45) is 0 Å². The molecule has 0 radical (unpaired) electrons. The number of carbonyl (C=O) groups excluding carboxylic acids is 3. The van der Waals surface area contributed by atoms with Crippen LogP contribution in [0.2, 0.25) is 0 Å². The highest BCUT2D eigenvalue weighted by Crippen LogP contribution is 2.50. The van der Waals surface area contributed by atoms with Crippen LogP contribution in [0.1, 0.15) is 144 Å². The van der Waals surface area contributed by atoms with Crippen LogP contribution in [0.5, 0.6) is 0 Å². The second-order valence-corrected chi connectivity index (χ2v) is 28.5. The molecule has 6 bridgehead atoms. The number of rotatable bonds is 18. The zero-order chi connectivity index (χ0) is 80.8. The number of hydrogen-bond donors (Lipinski definition) is 6. The molecule has 35 heteroatoms. The van der Waals surface area contributed by atoms with E-state index in [0.717, 1.165) is 5.56 Å². The van der Waals surface area contributed by atoms with E-state index in [4.69, 9.17) is 14.2 Å². The average Bonchev–Trinajstić information content (AvgIpc) is 0.737. The fourth-order valence-electron chi connectivity index (χ4n) is 15.2. The van der Waals surface area contributed by atoms with Gasteiger partial charge in [-0.05, 0) is 147 Å². The van der Waals surface area contributed by atoms with Crippen molar-refractivity contribution in [1.29, 1.82) is 0 Å². The van der Waals surface area contributed by atoms with Crippen LogP contribution in [0.25, 0.3) is 0 Å². The fraction of sp³-hybridized carbons (Fsp3) is 0.453. The molecule has 6 fully saturated rings. The van der Waals surface area contributed by atoms with E-state index in [2.05, 4.69) is 16.0 Å². The summed E-state index contributed by atoms with van der Waals surface area (Å²) >= 11 is 0. The van der Waals surface area contributed by atoms with Gasteiger partial charge in [-0.15, -0.1) is 0 Å². The van der Waals surface area contributed by atoms with Gasteiger partial charge in [-0.25, -0.2) is 9.59 Å². The van der Waals surface area contributed by atoms with Crippen molar-refractivity contribution >= 4 is 29.7 Å². The molecule has 0 aromatic heterocycles. The standard InChI is InChI=1S/2C25H24F6N2O4.C25H26F6N2O3/c2*1-15(16-9-18(24(26,27)28)11-19(10-16)25(29,30)31)37-14-23(17-5-3-2-4-6-17)8-7-22(21(35)36)13-33(23)12-20(34)32-22;1-16(17-9-19(24(26,27)28)11-20(10-17)25(29,30)31)36-15-23(18-5-3-2-4-6-18)8-7-22(14-34)13-33(23)12-21(35)32-22/h2*2-6,9-11,15H,7-8,12-14H2,1H3,(H,32,34)(H,35,36);2-6,9-11,16,34H,7-8,12-15H2,1H3,(H,32,35)/t2*15-,22-,23-;16-,22-,23-/m111/s1. The van der Waals surface area contributed by atoms with E-state index in [-0.39, 0.29) is 126 Å². The lowest BCUT2D eigenvalue weighted by molar-refractivity contribution is -0.165. The number of fused-ring (bicyclic) bond motifs is 6. The maximum atomic E-state index is 13.3. The van der Waals surface area contributed by atoms with Gasteiger partial charge in [-0.2, -0.15) is 79.0 Å². The van der Waals surface area contributed by atoms with Crippen LogP contribution < -0.4 is 16.0 Å². The molecule has 6 aliphatic heterocycles. The summed E-state index contributed by atoms with van der Waals surface area (Å²) in [6.45, 7) is 3.32. The molecule has 0 aliphatic carbocycles. The lowest BCUT2D eigenvalue weighted by Crippen LogP contribution is -2.74. The summed E-state index contributed by atoms with van der Waals surface area (Å²) in [6.07, 6.45) is -31.9. The minimum atomic E-state index is -4.99. The van der Waals surface area contributed by atoms with E-state index >= 15 is 0 Å². The Bertz CT molecular complexity index is 4060. The Hall–Kier alpha value is -8.87. The number of ether oxygens (including phenoxy) is 3. The normalized spacial score (nSPS) is 27.1. The van der Waals surface area contributed by atoms with Gasteiger partial charge < -0.3 is 45.5 Å². The second kappa shape index (κ2) is 31.0. The Kier molecular flexibility index (Phi) is 23.6. The summed E-state index contributed by atoms with van der Waals surface area (Å²) in [7, 11) is 0. The zero-order valence-corrected chi connectivity index (χ0v) is 58.7. The maximum Gasteiger partial charge on any atom is 0.416 e. The minimum absolute atomic E-state index is 0.0101. The maximum absolute atomic E-state index is 13.3. The van der Waals surface area contributed by atoms with Crippen LogP contribution in [0.4, 0.5) is 79.0 Å². The highest BCUT2D eigenvalue weighted by molar-refractivity contribution is 5.91. The van der Waals surface area contributed by atoms with Gasteiger partial charge in [0.05, 0.1) is 120 Å². The number of nitrogens with one attached hydrogen (secondary N) is 3. The quantitative estimate of drug-likeness (QED) is 0.0441. The van der Waals surface area contributed by atoms with Crippen molar-refractivity contribution in [2.75, 3.05) is 65.7 Å². The Morgan fingerprint density at radius 3 is 0.873 bits per heavy atom. The van der Waals surface area contributed by atoms with Crippen LogP contribution in [-0.4, -0.2) is 142 Å². The summed E-state index contributed by atoms with van der Waals surface area (Å²) < 4.78 is 258. The first-order valence-electron chi connectivity index (χ1n) is 34.3. The molecule has 0 spiro atoms. The number of amides is 3. The number of benzene rings is 6. The number of carboxylic acids is 2. The third kappa shape index (κ3) is 17.9. The third-order valence-electron chi connectivity index (χ3n) is 21.4. The highest BCUT2D eigenvalue weighted by Gasteiger charge is 2.59. The van der Waals surface area contributed by atoms with Crippen molar-refractivity contribution < 1.29 is 133 Å². The zero-order valence-electron chi connectivity index (χ0n) is 58.7. The molecular formula is C75H74F18N6O11. The van der Waals surface area contributed by atoms with Crippen LogP contribution >= 0.6 is 0 Å². The Labute approximate surface area is 616 Å². The summed E-state index contributed by atoms with van der Waals surface area (Å²) in [6, 6.07) is 30.7. The first-order valence-corrected chi connectivity index (χ1v) is 34.3. The number of aliphatic hydroxyl groups excluding tert-OH is 1. The van der Waals surface area contributed by atoms with E-state index in [9.17, 15) is 118 Å². The number of aliphatic carboxylic acids is 2. The second-order valence-electron chi connectivity index (χ2n) is 28.5. The molecule has 3 amide bonds. The monoisotopic (exact) mass is 1580 g/mol. The number of alkyl halides is 18. The van der Waals surface area contributed by atoms with Crippen LogP contribution in [-0.2, 0) is 91.9 Å². The third-order valence-corrected chi connectivity index (χ3v) is 21.4. The van der Waals surface area contributed by atoms with Gasteiger partial charge in [-0.3, -0.25) is 29.1 Å². The van der Waals surface area contributed by atoms with E-state index in [0.29, 0.717) is 66.9 Å². The Balaban J connectivity index is 0.000000176. The van der Waals surface area contributed by atoms with Gasteiger partial charge >= 0.3 is 49.0 Å². The number of carbonyl (C=O) groups is 5. The fourth-order valence-corrected chi connectivity index (χ4v) is 15.2. The van der Waals surface area contributed by atoms with Gasteiger partial charge in [0.2, 0.25) is 17.7 Å². The van der Waals surface area contributed by atoms with Gasteiger partial charge in [0, 0.05) is 19.6 Å². The molecule has 110 heavy (non-hydrogen) atoms. The molecule has 3 unspecified atom stereocenters. The van der Waals surface area contributed by atoms with Gasteiger partial charge in [0.25, 0.3) is 0 Å². The molecule has 6 aromatic carbocycles. The molecule has 6 aromatic rings. The summed E-state index contributed by atoms with van der Waals surface area (Å²) in [5, 5.41) is 37.5. The predicted octanol–water partition coefficient (Wildman–Crippen LogP) is 14.1. The van der Waals surface area contributed by atoms with Crippen LogP contribution in [0, 0.1) is 0 Å². The highest BCUT2D eigenvalue weighted by atomic mass is 19.4. The van der Waals surface area contributed by atoms with Crippen molar-refractivity contribution in [2.45, 2.75) is 148 Å². The SMILES string of the molecule is C[C@@H](OC[C@@]1(c2ccccc2)CC[C@]2(C(=O)O)CN1CC(=O)N2)c1cc(C(F)(F)F)cc(C(F)(F)F)c1.C[C@@H](OC[C@@]1(c2ccccc2)CC[C@]2(C(=O)O)CN1CC(=O)N2)c1cc(C(F)(F)F)cc(C(F)(F)F)c1.C[C@@H](OC[C@@]1(c2ccccc2)CC[C@]2(CO)CN1CC(=O)N2)c1cc(C(F)(F)F)cc(C(F)(F)F)c1. The van der Waals surface area contributed by atoms with E-state index in [1.807, 2.05) is 23.1 Å². The number of halogens is 18. The molecule has 6 N–H and O–H groups in total. The van der Waals surface area contributed by atoms with Gasteiger partial charge in [0.1, 0.15) is 0 Å². The molecule has 17 nitrogen and oxygen atoms in total. The van der Waals surface area contributed by atoms with Crippen LogP contribution in [0.3, 0.4) is 0 Å². The van der Waals surface area contributed by atoms with Gasteiger partial charge in [0.15, 0.2) is 11.1 Å². The lowest BCUT2D eigenvalue weighted by atomic mass is 9.73. The molecule has 596 valence electrons. The summed E-state index contributed by atoms with van der Waals surface area (Å²) in [4.78, 5) is 66.6.